The van der Waals surface area contributed by atoms with E-state index < -0.39 is 10.0 Å². The van der Waals surface area contributed by atoms with Crippen LogP contribution in [-0.2, 0) is 23.0 Å². The molecule has 0 aliphatic carbocycles. The number of aromatic nitrogens is 1. The van der Waals surface area contributed by atoms with E-state index >= 15 is 0 Å². The van der Waals surface area contributed by atoms with Gasteiger partial charge in [-0.15, -0.1) is 0 Å². The molecule has 3 rings (SSSR count). The standard InChI is InChI=1S/C18H18ClN3O3S/c1-13-9-14-10-16(11-17(19)18(14)25-13)26(23,24)22(8-4-6-20)12-15-5-2-3-7-21-15/h2-3,5,7,10-11,13H,4,8-9,12H2,1H3/t13-/m0/s1. The minimum Gasteiger partial charge on any atom is -0.489 e. The molecule has 8 heteroatoms. The van der Waals surface area contributed by atoms with Crippen molar-refractivity contribution < 1.29 is 13.2 Å². The molecule has 2 heterocycles. The Balaban J connectivity index is 1.96. The second-order valence-corrected chi connectivity index (χ2v) is 8.44. The normalized spacial score (nSPS) is 16.2. The largest absolute Gasteiger partial charge is 0.489 e. The van der Waals surface area contributed by atoms with Crippen LogP contribution >= 0.6 is 11.6 Å². The summed E-state index contributed by atoms with van der Waals surface area (Å²) < 4.78 is 33.2. The van der Waals surface area contributed by atoms with Crippen LogP contribution in [0, 0.1) is 11.3 Å². The zero-order chi connectivity index (χ0) is 18.7. The van der Waals surface area contributed by atoms with E-state index in [2.05, 4.69) is 4.98 Å². The molecule has 1 atom stereocenters. The topological polar surface area (TPSA) is 83.3 Å². The number of ether oxygens (including phenoxy) is 1. The SMILES string of the molecule is C[C@H]1Cc2cc(S(=O)(=O)N(CCC#N)Cc3ccccn3)cc(Cl)c2O1. The lowest BCUT2D eigenvalue weighted by Crippen LogP contribution is -2.32. The van der Waals surface area contributed by atoms with Crippen molar-refractivity contribution in [1.82, 2.24) is 9.29 Å². The Kier molecular flexibility index (Phi) is 5.47. The van der Waals surface area contributed by atoms with Crippen LogP contribution in [0.1, 0.15) is 24.6 Å². The molecule has 1 aromatic heterocycles. The van der Waals surface area contributed by atoms with Gasteiger partial charge in [-0.1, -0.05) is 17.7 Å². The zero-order valence-electron chi connectivity index (χ0n) is 14.2. The first-order valence-electron chi connectivity index (χ1n) is 8.18. The Morgan fingerprint density at radius 2 is 2.23 bits per heavy atom. The summed E-state index contributed by atoms with van der Waals surface area (Å²) in [6, 6.07) is 10.3. The fraction of sp³-hybridized carbons (Fsp3) is 0.333. The minimum absolute atomic E-state index is 0.0383. The number of nitrogens with zero attached hydrogens (tertiary/aromatic N) is 3. The van der Waals surface area contributed by atoms with E-state index in [0.717, 1.165) is 5.56 Å². The number of nitriles is 1. The summed E-state index contributed by atoms with van der Waals surface area (Å²) in [7, 11) is -3.83. The Hall–Kier alpha value is -2.14. The molecule has 2 aromatic rings. The van der Waals surface area contributed by atoms with Gasteiger partial charge in [0.2, 0.25) is 10.0 Å². The minimum atomic E-state index is -3.83. The van der Waals surface area contributed by atoms with Crippen LogP contribution in [0.25, 0.3) is 0 Å². The highest BCUT2D eigenvalue weighted by Gasteiger charge is 2.29. The van der Waals surface area contributed by atoms with Gasteiger partial charge in [-0.25, -0.2) is 8.42 Å². The zero-order valence-corrected chi connectivity index (χ0v) is 15.8. The van der Waals surface area contributed by atoms with Gasteiger partial charge >= 0.3 is 0 Å². The van der Waals surface area contributed by atoms with Gasteiger partial charge in [0.25, 0.3) is 0 Å². The van der Waals surface area contributed by atoms with E-state index in [9.17, 15) is 8.42 Å². The highest BCUT2D eigenvalue weighted by atomic mass is 35.5. The number of rotatable bonds is 6. The van der Waals surface area contributed by atoms with Crippen molar-refractivity contribution in [1.29, 1.82) is 5.26 Å². The average Bonchev–Trinajstić information content (AvgIpc) is 3.00. The van der Waals surface area contributed by atoms with Crippen LogP contribution < -0.4 is 4.74 Å². The Morgan fingerprint density at radius 3 is 2.92 bits per heavy atom. The van der Waals surface area contributed by atoms with E-state index in [1.54, 1.807) is 30.5 Å². The predicted octanol–water partition coefficient (Wildman–Crippen LogP) is 3.16. The molecule has 1 aliphatic heterocycles. The van der Waals surface area contributed by atoms with Crippen molar-refractivity contribution in [2.45, 2.75) is 37.3 Å². The van der Waals surface area contributed by atoms with E-state index in [-0.39, 0.29) is 35.5 Å². The van der Waals surface area contributed by atoms with Crippen LogP contribution in [-0.4, -0.2) is 30.4 Å². The fourth-order valence-electron chi connectivity index (χ4n) is 2.89. The Bertz CT molecular complexity index is 942. The lowest BCUT2D eigenvalue weighted by atomic mass is 10.1. The maximum atomic E-state index is 13.2. The summed E-state index contributed by atoms with van der Waals surface area (Å²) in [5, 5.41) is 9.17. The molecule has 0 N–H and O–H groups in total. The smallest absolute Gasteiger partial charge is 0.243 e. The molecule has 0 unspecified atom stereocenters. The summed E-state index contributed by atoms with van der Waals surface area (Å²) in [6.45, 7) is 2.08. The van der Waals surface area contributed by atoms with Gasteiger partial charge in [0.1, 0.15) is 11.9 Å². The third-order valence-corrected chi connectivity index (χ3v) is 6.20. The van der Waals surface area contributed by atoms with Crippen LogP contribution in [0.5, 0.6) is 5.75 Å². The second kappa shape index (κ2) is 7.62. The number of fused-ring (bicyclic) bond motifs is 1. The number of benzene rings is 1. The number of halogens is 1. The summed E-state index contributed by atoms with van der Waals surface area (Å²) in [5.74, 6) is 0.548. The van der Waals surface area contributed by atoms with Crippen LogP contribution in [0.4, 0.5) is 0 Å². The highest BCUT2D eigenvalue weighted by molar-refractivity contribution is 7.89. The van der Waals surface area contributed by atoms with E-state index in [1.807, 2.05) is 13.0 Å². The van der Waals surface area contributed by atoms with Crippen molar-refractivity contribution in [3.63, 3.8) is 0 Å². The lowest BCUT2D eigenvalue weighted by molar-refractivity contribution is 0.255. The first kappa shape index (κ1) is 18.6. The van der Waals surface area contributed by atoms with Gasteiger partial charge in [0.05, 0.1) is 28.2 Å². The van der Waals surface area contributed by atoms with Crippen molar-refractivity contribution in [3.05, 3.63) is 52.8 Å². The number of sulfonamides is 1. The first-order valence-corrected chi connectivity index (χ1v) is 9.99. The maximum Gasteiger partial charge on any atom is 0.243 e. The molecule has 0 saturated carbocycles. The van der Waals surface area contributed by atoms with E-state index in [1.165, 1.54) is 10.4 Å². The first-order chi connectivity index (χ1) is 12.4. The summed E-state index contributed by atoms with van der Waals surface area (Å²) in [5.41, 5.74) is 1.39. The molecule has 0 spiro atoms. The van der Waals surface area contributed by atoms with Crippen molar-refractivity contribution >= 4 is 21.6 Å². The molecule has 1 aromatic carbocycles. The van der Waals surface area contributed by atoms with Crippen LogP contribution in [0.2, 0.25) is 5.02 Å². The average molecular weight is 392 g/mol. The second-order valence-electron chi connectivity index (χ2n) is 6.09. The van der Waals surface area contributed by atoms with Gasteiger partial charge in [-0.05, 0) is 31.2 Å². The quantitative estimate of drug-likeness (QED) is 0.755. The fourth-order valence-corrected chi connectivity index (χ4v) is 4.73. The summed E-state index contributed by atoms with van der Waals surface area (Å²) in [6.07, 6.45) is 2.26. The molecular weight excluding hydrogens is 374 g/mol. The van der Waals surface area contributed by atoms with Crippen molar-refractivity contribution in [3.8, 4) is 11.8 Å². The molecule has 136 valence electrons. The lowest BCUT2D eigenvalue weighted by Gasteiger charge is -2.21. The molecule has 0 radical (unpaired) electrons. The van der Waals surface area contributed by atoms with Gasteiger partial charge in [-0.2, -0.15) is 9.57 Å². The molecule has 26 heavy (non-hydrogen) atoms. The van der Waals surface area contributed by atoms with Gasteiger partial charge < -0.3 is 4.74 Å². The van der Waals surface area contributed by atoms with Gasteiger partial charge in [-0.3, -0.25) is 4.98 Å². The van der Waals surface area contributed by atoms with Crippen molar-refractivity contribution in [2.24, 2.45) is 0 Å². The van der Waals surface area contributed by atoms with Gasteiger partial charge in [0.15, 0.2) is 0 Å². The van der Waals surface area contributed by atoms with E-state index in [4.69, 9.17) is 21.6 Å². The van der Waals surface area contributed by atoms with Crippen LogP contribution in [0.15, 0.2) is 41.4 Å². The predicted molar refractivity (Wildman–Crippen MR) is 97.3 cm³/mol. The molecule has 6 nitrogen and oxygen atoms in total. The van der Waals surface area contributed by atoms with E-state index in [0.29, 0.717) is 17.9 Å². The Labute approximate surface area is 158 Å². The molecule has 0 bridgehead atoms. The molecule has 0 saturated heterocycles. The number of pyridine rings is 1. The number of hydrogen-bond acceptors (Lipinski definition) is 5. The van der Waals surface area contributed by atoms with Crippen LogP contribution in [0.3, 0.4) is 0 Å². The van der Waals surface area contributed by atoms with Crippen molar-refractivity contribution in [2.75, 3.05) is 6.54 Å². The van der Waals surface area contributed by atoms with Gasteiger partial charge in [0, 0.05) is 31.1 Å². The molecule has 0 fully saturated rings. The third kappa shape index (κ3) is 3.83. The summed E-state index contributed by atoms with van der Waals surface area (Å²) >= 11 is 6.24. The molecular formula is C18H18ClN3O3S. The maximum absolute atomic E-state index is 13.2. The Morgan fingerprint density at radius 1 is 1.42 bits per heavy atom. The highest BCUT2D eigenvalue weighted by Crippen LogP contribution is 2.38. The molecule has 1 aliphatic rings. The third-order valence-electron chi connectivity index (χ3n) is 4.10. The monoisotopic (exact) mass is 391 g/mol. The number of hydrogen-bond donors (Lipinski definition) is 0. The summed E-state index contributed by atoms with van der Waals surface area (Å²) in [4.78, 5) is 4.29. The molecule has 0 amide bonds.